The van der Waals surface area contributed by atoms with Crippen molar-refractivity contribution < 1.29 is 23.1 Å². The van der Waals surface area contributed by atoms with Crippen molar-refractivity contribution >= 4 is 33.3 Å². The van der Waals surface area contributed by atoms with E-state index >= 15 is 0 Å². The fourth-order valence-electron chi connectivity index (χ4n) is 1.90. The molecule has 0 saturated carbocycles. The summed E-state index contributed by atoms with van der Waals surface area (Å²) in [4.78, 5) is 10.7. The maximum absolute atomic E-state index is 12.5. The summed E-state index contributed by atoms with van der Waals surface area (Å²) in [7, 11) is -2.57. The number of benzene rings is 2. The molecule has 0 heterocycles. The van der Waals surface area contributed by atoms with Gasteiger partial charge in [-0.15, -0.1) is 0 Å². The highest BCUT2D eigenvalue weighted by molar-refractivity contribution is 7.92. The third-order valence-corrected chi connectivity index (χ3v) is 4.93. The number of anilines is 1. The molecule has 0 aliphatic rings. The second-order valence-corrected chi connectivity index (χ2v) is 6.80. The molecule has 8 heteroatoms. The summed E-state index contributed by atoms with van der Waals surface area (Å²) in [6, 6.07) is 8.18. The first-order chi connectivity index (χ1) is 10.7. The maximum Gasteiger partial charge on any atom is 0.335 e. The van der Waals surface area contributed by atoms with Gasteiger partial charge in [-0.05, 0) is 48.9 Å². The number of aryl methyl sites for hydroxylation is 1. The van der Waals surface area contributed by atoms with Crippen LogP contribution < -0.4 is 9.46 Å². The van der Waals surface area contributed by atoms with E-state index in [4.69, 9.17) is 21.4 Å². The third kappa shape index (κ3) is 3.75. The number of nitrogens with one attached hydrogen (secondary N) is 1. The molecular formula is C15H14ClNO5S. The third-order valence-electron chi connectivity index (χ3n) is 3.12. The lowest BCUT2D eigenvalue weighted by atomic mass is 10.2. The molecule has 0 spiro atoms. The van der Waals surface area contributed by atoms with Crippen molar-refractivity contribution in [3.05, 3.63) is 52.5 Å². The Bertz CT molecular complexity index is 847. The Morgan fingerprint density at radius 2 is 1.83 bits per heavy atom. The lowest BCUT2D eigenvalue weighted by Gasteiger charge is -2.13. The molecule has 0 amide bonds. The van der Waals surface area contributed by atoms with Gasteiger partial charge in [0.25, 0.3) is 10.0 Å². The molecule has 6 nitrogen and oxygen atoms in total. The average molecular weight is 356 g/mol. The van der Waals surface area contributed by atoms with Crippen LogP contribution in [-0.4, -0.2) is 26.6 Å². The fourth-order valence-corrected chi connectivity index (χ4v) is 3.36. The number of hydrogen-bond donors (Lipinski definition) is 2. The predicted molar refractivity (Wildman–Crippen MR) is 87.0 cm³/mol. The molecule has 2 aromatic rings. The predicted octanol–water partition coefficient (Wildman–Crippen LogP) is 3.16. The van der Waals surface area contributed by atoms with Crippen molar-refractivity contribution in [1.82, 2.24) is 0 Å². The van der Waals surface area contributed by atoms with E-state index in [2.05, 4.69) is 4.72 Å². The van der Waals surface area contributed by atoms with Crippen molar-refractivity contribution in [2.75, 3.05) is 11.8 Å². The number of hydrogen-bond acceptors (Lipinski definition) is 4. The summed E-state index contributed by atoms with van der Waals surface area (Å²) in [5.74, 6) is -0.923. The van der Waals surface area contributed by atoms with E-state index in [1.54, 1.807) is 6.92 Å². The van der Waals surface area contributed by atoms with Gasteiger partial charge in [0.15, 0.2) is 0 Å². The SMILES string of the molecule is COc1cc(C)c(Cl)cc1S(=O)(=O)Nc1ccc(C(=O)O)cc1. The first-order valence-corrected chi connectivity index (χ1v) is 8.31. The van der Waals surface area contributed by atoms with Crippen LogP contribution in [0.2, 0.25) is 5.02 Å². The standard InChI is InChI=1S/C15H14ClNO5S/c1-9-7-13(22-2)14(8-12(9)16)23(20,21)17-11-5-3-10(4-6-11)15(18)19/h3-8,17H,1-2H3,(H,18,19). The number of rotatable bonds is 5. The number of methoxy groups -OCH3 is 1. The van der Waals surface area contributed by atoms with Gasteiger partial charge in [0.1, 0.15) is 10.6 Å². The fraction of sp³-hybridized carbons (Fsp3) is 0.133. The molecule has 0 unspecified atom stereocenters. The Morgan fingerprint density at radius 1 is 1.22 bits per heavy atom. The van der Waals surface area contributed by atoms with Crippen LogP contribution in [0.3, 0.4) is 0 Å². The molecule has 23 heavy (non-hydrogen) atoms. The van der Waals surface area contributed by atoms with Crippen LogP contribution in [0.5, 0.6) is 5.75 Å². The Morgan fingerprint density at radius 3 is 2.35 bits per heavy atom. The highest BCUT2D eigenvalue weighted by atomic mass is 35.5. The average Bonchev–Trinajstić information content (AvgIpc) is 2.49. The van der Waals surface area contributed by atoms with Crippen LogP contribution in [0.15, 0.2) is 41.3 Å². The van der Waals surface area contributed by atoms with Crippen LogP contribution in [-0.2, 0) is 10.0 Å². The van der Waals surface area contributed by atoms with E-state index in [1.807, 2.05) is 0 Å². The molecule has 0 saturated heterocycles. The number of carboxylic acids is 1. The number of carboxylic acid groups (broad SMARTS) is 1. The minimum Gasteiger partial charge on any atom is -0.495 e. The lowest BCUT2D eigenvalue weighted by Crippen LogP contribution is -2.14. The Hall–Kier alpha value is -2.25. The Labute approximate surface area is 138 Å². The molecule has 122 valence electrons. The molecule has 0 radical (unpaired) electrons. The van der Waals surface area contributed by atoms with E-state index in [9.17, 15) is 13.2 Å². The number of ether oxygens (including phenoxy) is 1. The lowest BCUT2D eigenvalue weighted by molar-refractivity contribution is 0.0697. The zero-order valence-electron chi connectivity index (χ0n) is 12.3. The summed E-state index contributed by atoms with van der Waals surface area (Å²) in [6.07, 6.45) is 0. The molecule has 0 aromatic heterocycles. The van der Waals surface area contributed by atoms with Gasteiger partial charge in [0.2, 0.25) is 0 Å². The van der Waals surface area contributed by atoms with Gasteiger partial charge in [0.05, 0.1) is 12.7 Å². The highest BCUT2D eigenvalue weighted by Crippen LogP contribution is 2.31. The van der Waals surface area contributed by atoms with Gasteiger partial charge >= 0.3 is 5.97 Å². The monoisotopic (exact) mass is 355 g/mol. The number of halogens is 1. The van der Waals surface area contributed by atoms with Crippen LogP contribution in [0.1, 0.15) is 15.9 Å². The quantitative estimate of drug-likeness (QED) is 0.859. The summed E-state index contributed by atoms with van der Waals surface area (Å²) in [5, 5.41) is 9.14. The van der Waals surface area contributed by atoms with E-state index in [-0.39, 0.29) is 21.9 Å². The normalized spacial score (nSPS) is 11.1. The smallest absolute Gasteiger partial charge is 0.335 e. The number of aromatic carboxylic acids is 1. The Kier molecular flexibility index (Phi) is 4.82. The van der Waals surface area contributed by atoms with E-state index in [1.165, 1.54) is 43.5 Å². The van der Waals surface area contributed by atoms with Crippen molar-refractivity contribution in [1.29, 1.82) is 0 Å². The molecule has 0 fully saturated rings. The summed E-state index contributed by atoms with van der Waals surface area (Å²) in [5.41, 5.74) is 0.978. The van der Waals surface area contributed by atoms with Gasteiger partial charge in [-0.2, -0.15) is 0 Å². The molecule has 0 atom stereocenters. The van der Waals surface area contributed by atoms with Crippen LogP contribution in [0, 0.1) is 6.92 Å². The minimum atomic E-state index is -3.94. The summed E-state index contributed by atoms with van der Waals surface area (Å²) < 4.78 is 32.5. The molecule has 2 N–H and O–H groups in total. The zero-order chi connectivity index (χ0) is 17.2. The molecule has 2 rings (SSSR count). The number of sulfonamides is 1. The van der Waals surface area contributed by atoms with Crippen molar-refractivity contribution in [2.24, 2.45) is 0 Å². The van der Waals surface area contributed by atoms with Gasteiger partial charge in [0, 0.05) is 10.7 Å². The summed E-state index contributed by atoms with van der Waals surface area (Å²) >= 11 is 5.99. The van der Waals surface area contributed by atoms with Crippen molar-refractivity contribution in [3.8, 4) is 5.75 Å². The zero-order valence-corrected chi connectivity index (χ0v) is 13.9. The second-order valence-electron chi connectivity index (χ2n) is 4.74. The van der Waals surface area contributed by atoms with E-state index in [0.717, 1.165) is 0 Å². The topological polar surface area (TPSA) is 92.7 Å². The van der Waals surface area contributed by atoms with Gasteiger partial charge in [-0.1, -0.05) is 11.6 Å². The van der Waals surface area contributed by atoms with Crippen LogP contribution in [0.4, 0.5) is 5.69 Å². The Balaban J connectivity index is 2.39. The van der Waals surface area contributed by atoms with Crippen LogP contribution >= 0.6 is 11.6 Å². The molecule has 2 aromatic carbocycles. The van der Waals surface area contributed by atoms with Crippen LogP contribution in [0.25, 0.3) is 0 Å². The van der Waals surface area contributed by atoms with Gasteiger partial charge in [-0.25, -0.2) is 13.2 Å². The largest absolute Gasteiger partial charge is 0.495 e. The highest BCUT2D eigenvalue weighted by Gasteiger charge is 2.21. The summed E-state index contributed by atoms with van der Waals surface area (Å²) in [6.45, 7) is 1.74. The van der Waals surface area contributed by atoms with Gasteiger partial charge < -0.3 is 9.84 Å². The van der Waals surface area contributed by atoms with Gasteiger partial charge in [-0.3, -0.25) is 4.72 Å². The first kappa shape index (κ1) is 17.1. The molecular weight excluding hydrogens is 342 g/mol. The molecule has 0 aliphatic heterocycles. The van der Waals surface area contributed by atoms with E-state index < -0.39 is 16.0 Å². The van der Waals surface area contributed by atoms with Crippen molar-refractivity contribution in [2.45, 2.75) is 11.8 Å². The van der Waals surface area contributed by atoms with Crippen molar-refractivity contribution in [3.63, 3.8) is 0 Å². The first-order valence-electron chi connectivity index (χ1n) is 6.45. The molecule has 0 bridgehead atoms. The maximum atomic E-state index is 12.5. The minimum absolute atomic E-state index is 0.0592. The second kappa shape index (κ2) is 6.47. The molecule has 0 aliphatic carbocycles. The van der Waals surface area contributed by atoms with E-state index in [0.29, 0.717) is 10.6 Å². The number of carbonyl (C=O) groups is 1.